The zero-order valence-electron chi connectivity index (χ0n) is 9.45. The first kappa shape index (κ1) is 11.0. The molecule has 0 bridgehead atoms. The third-order valence-electron chi connectivity index (χ3n) is 3.45. The molecule has 1 aliphatic carbocycles. The topological polar surface area (TPSA) is 44.0 Å². The number of phenolic OH excluding ortho intramolecular Hbond substituents is 1. The average Bonchev–Trinajstić information content (AvgIpc) is 2.33. The second-order valence-electron chi connectivity index (χ2n) is 4.66. The fourth-order valence-electron chi connectivity index (χ4n) is 2.51. The van der Waals surface area contributed by atoms with Crippen molar-refractivity contribution in [2.24, 2.45) is 5.92 Å². The van der Waals surface area contributed by atoms with E-state index in [1.165, 1.54) is 32.1 Å². The van der Waals surface area contributed by atoms with Gasteiger partial charge in [0, 0.05) is 0 Å². The van der Waals surface area contributed by atoms with Crippen molar-refractivity contribution >= 4 is 0 Å². The van der Waals surface area contributed by atoms with Gasteiger partial charge < -0.3 is 5.11 Å². The molecule has 16 heavy (non-hydrogen) atoms. The molecule has 1 aromatic rings. The smallest absolute Gasteiger partial charge is 0.120 e. The monoisotopic (exact) mass is 215 g/mol. The summed E-state index contributed by atoms with van der Waals surface area (Å²) in [6, 6.07) is 7.29. The average molecular weight is 215 g/mol. The van der Waals surface area contributed by atoms with Crippen molar-refractivity contribution in [1.82, 2.24) is 0 Å². The molecular formula is C14H17NO. The molecular weight excluding hydrogens is 198 g/mol. The van der Waals surface area contributed by atoms with Crippen LogP contribution in [0.3, 0.4) is 0 Å². The van der Waals surface area contributed by atoms with Crippen molar-refractivity contribution in [1.29, 1.82) is 5.26 Å². The Morgan fingerprint density at radius 3 is 2.62 bits per heavy atom. The van der Waals surface area contributed by atoms with Crippen molar-refractivity contribution in [3.63, 3.8) is 0 Å². The van der Waals surface area contributed by atoms with E-state index in [1.807, 2.05) is 12.1 Å². The summed E-state index contributed by atoms with van der Waals surface area (Å²) in [6.07, 6.45) is 7.51. The van der Waals surface area contributed by atoms with Crippen molar-refractivity contribution in [2.75, 3.05) is 0 Å². The van der Waals surface area contributed by atoms with Gasteiger partial charge in [-0.25, -0.2) is 0 Å². The summed E-state index contributed by atoms with van der Waals surface area (Å²) in [7, 11) is 0. The van der Waals surface area contributed by atoms with E-state index in [-0.39, 0.29) is 5.75 Å². The minimum Gasteiger partial charge on any atom is -0.508 e. The normalized spacial score (nSPS) is 16.9. The maximum atomic E-state index is 9.80. The van der Waals surface area contributed by atoms with E-state index >= 15 is 0 Å². The van der Waals surface area contributed by atoms with E-state index in [2.05, 4.69) is 0 Å². The minimum absolute atomic E-state index is 0.282. The first-order chi connectivity index (χ1) is 7.79. The Bertz CT molecular complexity index is 400. The van der Waals surface area contributed by atoms with Gasteiger partial charge in [-0.15, -0.1) is 0 Å². The van der Waals surface area contributed by atoms with E-state index in [1.54, 1.807) is 12.1 Å². The van der Waals surface area contributed by atoms with Gasteiger partial charge in [-0.05, 0) is 30.0 Å². The molecule has 84 valence electrons. The molecule has 1 fully saturated rings. The van der Waals surface area contributed by atoms with Gasteiger partial charge in [-0.2, -0.15) is 5.26 Å². The first-order valence-corrected chi connectivity index (χ1v) is 6.01. The molecule has 0 heterocycles. The summed E-state index contributed by atoms with van der Waals surface area (Å²) >= 11 is 0. The molecule has 1 aliphatic rings. The number of benzene rings is 1. The van der Waals surface area contributed by atoms with E-state index < -0.39 is 0 Å². The zero-order valence-corrected chi connectivity index (χ0v) is 9.45. The molecule has 1 N–H and O–H groups in total. The number of hydrogen-bond donors (Lipinski definition) is 1. The highest BCUT2D eigenvalue weighted by molar-refractivity contribution is 5.41. The van der Waals surface area contributed by atoms with Crippen molar-refractivity contribution in [3.05, 3.63) is 29.3 Å². The lowest BCUT2D eigenvalue weighted by molar-refractivity contribution is 0.351. The van der Waals surface area contributed by atoms with Crippen molar-refractivity contribution in [3.8, 4) is 11.8 Å². The van der Waals surface area contributed by atoms with Gasteiger partial charge in [0.15, 0.2) is 0 Å². The Morgan fingerprint density at radius 2 is 2.00 bits per heavy atom. The molecule has 0 spiro atoms. The van der Waals surface area contributed by atoms with Crippen LogP contribution >= 0.6 is 0 Å². The maximum absolute atomic E-state index is 9.80. The fourth-order valence-corrected chi connectivity index (χ4v) is 2.51. The SMILES string of the molecule is N#Cc1ccc(CC2CCCCC2)c(O)c1. The molecule has 1 aromatic carbocycles. The summed E-state index contributed by atoms with van der Waals surface area (Å²) in [4.78, 5) is 0. The second kappa shape index (κ2) is 5.03. The van der Waals surface area contributed by atoms with Crippen LogP contribution in [0.1, 0.15) is 43.2 Å². The third kappa shape index (κ3) is 2.55. The molecule has 0 aliphatic heterocycles. The number of nitrogens with zero attached hydrogens (tertiary/aromatic N) is 1. The third-order valence-corrected chi connectivity index (χ3v) is 3.45. The van der Waals surface area contributed by atoms with Crippen LogP contribution in [-0.2, 0) is 6.42 Å². The number of aromatic hydroxyl groups is 1. The van der Waals surface area contributed by atoms with Gasteiger partial charge in [0.1, 0.15) is 5.75 Å². The highest BCUT2D eigenvalue weighted by atomic mass is 16.3. The Morgan fingerprint density at radius 1 is 1.25 bits per heavy atom. The highest BCUT2D eigenvalue weighted by Gasteiger charge is 2.15. The molecule has 0 saturated heterocycles. The van der Waals surface area contributed by atoms with Gasteiger partial charge in [0.25, 0.3) is 0 Å². The number of rotatable bonds is 2. The van der Waals surface area contributed by atoms with Crippen LogP contribution in [0, 0.1) is 17.2 Å². The predicted molar refractivity (Wildman–Crippen MR) is 63.1 cm³/mol. The number of nitriles is 1. The summed E-state index contributed by atoms with van der Waals surface area (Å²) in [5, 5.41) is 18.5. The second-order valence-corrected chi connectivity index (χ2v) is 4.66. The highest BCUT2D eigenvalue weighted by Crippen LogP contribution is 2.30. The Labute approximate surface area is 96.5 Å². The quantitative estimate of drug-likeness (QED) is 0.821. The van der Waals surface area contributed by atoms with Crippen molar-refractivity contribution < 1.29 is 5.11 Å². The molecule has 2 heteroatoms. The lowest BCUT2D eigenvalue weighted by Gasteiger charge is -2.21. The van der Waals surface area contributed by atoms with Gasteiger partial charge >= 0.3 is 0 Å². The van der Waals surface area contributed by atoms with E-state index in [9.17, 15) is 5.11 Å². The van der Waals surface area contributed by atoms with Crippen molar-refractivity contribution in [2.45, 2.75) is 38.5 Å². The Balaban J connectivity index is 2.06. The first-order valence-electron chi connectivity index (χ1n) is 6.01. The van der Waals surface area contributed by atoms with Crippen LogP contribution in [-0.4, -0.2) is 5.11 Å². The van der Waals surface area contributed by atoms with Gasteiger partial charge in [0.2, 0.25) is 0 Å². The summed E-state index contributed by atoms with van der Waals surface area (Å²) in [5.74, 6) is 0.997. The number of phenols is 1. The molecule has 2 rings (SSSR count). The molecule has 0 radical (unpaired) electrons. The molecule has 2 nitrogen and oxygen atoms in total. The predicted octanol–water partition coefficient (Wildman–Crippen LogP) is 3.39. The summed E-state index contributed by atoms with van der Waals surface area (Å²) < 4.78 is 0. The lowest BCUT2D eigenvalue weighted by atomic mass is 9.84. The summed E-state index contributed by atoms with van der Waals surface area (Å²) in [6.45, 7) is 0. The van der Waals surface area contributed by atoms with Crippen LogP contribution in [0.15, 0.2) is 18.2 Å². The van der Waals surface area contributed by atoms with Gasteiger partial charge in [-0.3, -0.25) is 0 Å². The minimum atomic E-state index is 0.282. The largest absolute Gasteiger partial charge is 0.508 e. The summed E-state index contributed by atoms with van der Waals surface area (Å²) in [5.41, 5.74) is 1.52. The van der Waals surface area contributed by atoms with Crippen LogP contribution in [0.25, 0.3) is 0 Å². The maximum Gasteiger partial charge on any atom is 0.120 e. The number of hydrogen-bond acceptors (Lipinski definition) is 2. The molecule has 1 saturated carbocycles. The van der Waals surface area contributed by atoms with E-state index in [0.717, 1.165) is 12.0 Å². The molecule has 0 atom stereocenters. The van der Waals surface area contributed by atoms with E-state index in [4.69, 9.17) is 5.26 Å². The van der Waals surface area contributed by atoms with Crippen LogP contribution in [0.5, 0.6) is 5.75 Å². The van der Waals surface area contributed by atoms with Gasteiger partial charge in [-0.1, -0.05) is 38.2 Å². The van der Waals surface area contributed by atoms with Crippen LogP contribution in [0.4, 0.5) is 0 Å². The van der Waals surface area contributed by atoms with Crippen LogP contribution < -0.4 is 0 Å². The van der Waals surface area contributed by atoms with Crippen LogP contribution in [0.2, 0.25) is 0 Å². The zero-order chi connectivity index (χ0) is 11.4. The Kier molecular flexibility index (Phi) is 3.46. The molecule has 0 unspecified atom stereocenters. The molecule has 0 amide bonds. The fraction of sp³-hybridized carbons (Fsp3) is 0.500. The molecule has 0 aromatic heterocycles. The lowest BCUT2D eigenvalue weighted by Crippen LogP contribution is -2.09. The Hall–Kier alpha value is -1.49. The van der Waals surface area contributed by atoms with Gasteiger partial charge in [0.05, 0.1) is 11.6 Å². The van der Waals surface area contributed by atoms with E-state index in [0.29, 0.717) is 11.5 Å². The standard InChI is InChI=1S/C14H17NO/c15-10-12-6-7-13(14(16)9-12)8-11-4-2-1-3-5-11/h6-7,9,11,16H,1-5,8H2.